The minimum absolute atomic E-state index is 0.571. The summed E-state index contributed by atoms with van der Waals surface area (Å²) >= 11 is 0. The summed E-state index contributed by atoms with van der Waals surface area (Å²) in [5.74, 6) is 2.82. The summed E-state index contributed by atoms with van der Waals surface area (Å²) in [6.45, 7) is 2.39. The van der Waals surface area contributed by atoms with Gasteiger partial charge in [0.2, 0.25) is 0 Å². The largest absolute Gasteiger partial charge is 0.399 e. The smallest absolute Gasteiger partial charge is 0.113 e. The summed E-state index contributed by atoms with van der Waals surface area (Å²) in [4.78, 5) is 4.91. The molecule has 3 heteroatoms. The van der Waals surface area contributed by atoms with E-state index in [2.05, 4.69) is 17.6 Å². The highest BCUT2D eigenvalue weighted by molar-refractivity contribution is 5.80. The molecule has 2 fully saturated rings. The number of nitrogen functional groups attached to an aromatic ring is 1. The van der Waals surface area contributed by atoms with E-state index in [4.69, 9.17) is 10.7 Å². The second-order valence-electron chi connectivity index (χ2n) is 6.65. The summed E-state index contributed by atoms with van der Waals surface area (Å²) in [5.41, 5.74) is 9.10. The summed E-state index contributed by atoms with van der Waals surface area (Å²) < 4.78 is 2.53. The molecule has 0 saturated heterocycles. The minimum atomic E-state index is 0.571. The number of benzene rings is 1. The molecule has 20 heavy (non-hydrogen) atoms. The number of imidazole rings is 1. The van der Waals surface area contributed by atoms with Crippen molar-refractivity contribution >= 4 is 16.7 Å². The lowest BCUT2D eigenvalue weighted by Gasteiger charge is -2.23. The Bertz CT molecular complexity index is 633. The van der Waals surface area contributed by atoms with Gasteiger partial charge in [0.1, 0.15) is 5.82 Å². The molecular weight excluding hydrogens is 246 g/mol. The molecule has 0 spiro atoms. The number of anilines is 1. The summed E-state index contributed by atoms with van der Waals surface area (Å²) in [5, 5.41) is 0. The van der Waals surface area contributed by atoms with Crippen LogP contribution in [0.3, 0.4) is 0 Å². The zero-order chi connectivity index (χ0) is 13.7. The van der Waals surface area contributed by atoms with Gasteiger partial charge in [-0.2, -0.15) is 0 Å². The first kappa shape index (κ1) is 12.2. The Hall–Kier alpha value is -1.51. The van der Waals surface area contributed by atoms with Crippen molar-refractivity contribution in [1.82, 2.24) is 9.55 Å². The van der Waals surface area contributed by atoms with Crippen LogP contribution in [0.4, 0.5) is 5.69 Å². The van der Waals surface area contributed by atoms with Crippen molar-refractivity contribution in [3.63, 3.8) is 0 Å². The first-order valence-corrected chi connectivity index (χ1v) is 8.01. The van der Waals surface area contributed by atoms with E-state index >= 15 is 0 Å². The number of hydrogen-bond acceptors (Lipinski definition) is 2. The third kappa shape index (κ3) is 1.91. The van der Waals surface area contributed by atoms with E-state index in [9.17, 15) is 0 Å². The molecule has 0 amide bonds. The molecular formula is C17H23N3. The van der Waals surface area contributed by atoms with Crippen LogP contribution in [0, 0.1) is 5.92 Å². The molecule has 3 nitrogen and oxygen atoms in total. The van der Waals surface area contributed by atoms with Gasteiger partial charge in [0.05, 0.1) is 11.0 Å². The molecule has 0 aliphatic heterocycles. The average Bonchev–Trinajstić information content (AvgIpc) is 3.01. The lowest BCUT2D eigenvalue weighted by atomic mass is 9.99. The number of aromatic nitrogens is 2. The average molecular weight is 269 g/mol. The fourth-order valence-electron chi connectivity index (χ4n) is 3.84. The maximum absolute atomic E-state index is 5.92. The van der Waals surface area contributed by atoms with Crippen LogP contribution < -0.4 is 5.73 Å². The van der Waals surface area contributed by atoms with E-state index in [1.165, 1.54) is 49.9 Å². The molecule has 2 aliphatic rings. The standard InChI is InChI=1S/C17H23N3/c1-11(12-4-2-3-5-12)20-16-9-8-14(18)10-15(16)19-17(20)13-6-7-13/h8-13H,2-7,18H2,1H3. The summed E-state index contributed by atoms with van der Waals surface area (Å²) in [6.07, 6.45) is 8.15. The summed E-state index contributed by atoms with van der Waals surface area (Å²) in [7, 11) is 0. The Morgan fingerprint density at radius 1 is 1.20 bits per heavy atom. The highest BCUT2D eigenvalue weighted by Crippen LogP contribution is 2.44. The fraction of sp³-hybridized carbons (Fsp3) is 0.588. The van der Waals surface area contributed by atoms with Crippen molar-refractivity contribution in [2.45, 2.75) is 57.4 Å². The maximum atomic E-state index is 5.92. The Morgan fingerprint density at radius 2 is 1.95 bits per heavy atom. The van der Waals surface area contributed by atoms with Gasteiger partial charge in [0, 0.05) is 17.6 Å². The highest BCUT2D eigenvalue weighted by atomic mass is 15.1. The highest BCUT2D eigenvalue weighted by Gasteiger charge is 2.33. The monoisotopic (exact) mass is 269 g/mol. The molecule has 1 heterocycles. The molecule has 1 aromatic carbocycles. The van der Waals surface area contributed by atoms with E-state index in [-0.39, 0.29) is 0 Å². The maximum Gasteiger partial charge on any atom is 0.113 e. The molecule has 4 rings (SSSR count). The van der Waals surface area contributed by atoms with Crippen molar-refractivity contribution < 1.29 is 0 Å². The van der Waals surface area contributed by atoms with Crippen LogP contribution in [0.15, 0.2) is 18.2 Å². The molecule has 106 valence electrons. The Balaban J connectivity index is 1.84. The molecule has 0 bridgehead atoms. The topological polar surface area (TPSA) is 43.8 Å². The van der Waals surface area contributed by atoms with Crippen LogP contribution >= 0.6 is 0 Å². The van der Waals surface area contributed by atoms with Crippen molar-refractivity contribution in [1.29, 1.82) is 0 Å². The zero-order valence-corrected chi connectivity index (χ0v) is 12.2. The van der Waals surface area contributed by atoms with E-state index < -0.39 is 0 Å². The molecule has 2 aliphatic carbocycles. The van der Waals surface area contributed by atoms with Crippen molar-refractivity contribution in [3.8, 4) is 0 Å². The predicted octanol–water partition coefficient (Wildman–Crippen LogP) is 4.25. The number of rotatable bonds is 3. The van der Waals surface area contributed by atoms with Gasteiger partial charge in [-0.25, -0.2) is 4.98 Å². The molecule has 2 N–H and O–H groups in total. The number of hydrogen-bond donors (Lipinski definition) is 1. The van der Waals surface area contributed by atoms with Gasteiger partial charge in [0.25, 0.3) is 0 Å². The molecule has 2 saturated carbocycles. The molecule has 1 unspecified atom stereocenters. The van der Waals surface area contributed by atoms with E-state index in [0.717, 1.165) is 17.1 Å². The molecule has 2 aromatic rings. The van der Waals surface area contributed by atoms with Gasteiger partial charge >= 0.3 is 0 Å². The van der Waals surface area contributed by atoms with Crippen molar-refractivity contribution in [2.24, 2.45) is 5.92 Å². The predicted molar refractivity (Wildman–Crippen MR) is 82.8 cm³/mol. The third-order valence-electron chi connectivity index (χ3n) is 5.17. The first-order valence-electron chi connectivity index (χ1n) is 8.01. The van der Waals surface area contributed by atoms with Crippen LogP contribution in [0.2, 0.25) is 0 Å². The van der Waals surface area contributed by atoms with Gasteiger partial charge in [-0.3, -0.25) is 0 Å². The Labute approximate surface area is 120 Å². The van der Waals surface area contributed by atoms with Crippen molar-refractivity contribution in [3.05, 3.63) is 24.0 Å². The van der Waals surface area contributed by atoms with Gasteiger partial charge in [-0.15, -0.1) is 0 Å². The van der Waals surface area contributed by atoms with Crippen LogP contribution in [-0.2, 0) is 0 Å². The normalized spacial score (nSPS) is 21.6. The summed E-state index contributed by atoms with van der Waals surface area (Å²) in [6, 6.07) is 6.77. The van der Waals surface area contributed by atoms with Gasteiger partial charge < -0.3 is 10.3 Å². The zero-order valence-electron chi connectivity index (χ0n) is 12.2. The second-order valence-corrected chi connectivity index (χ2v) is 6.65. The third-order valence-corrected chi connectivity index (χ3v) is 5.17. The molecule has 1 atom stereocenters. The lowest BCUT2D eigenvalue weighted by Crippen LogP contribution is -2.16. The minimum Gasteiger partial charge on any atom is -0.399 e. The Kier molecular flexibility index (Phi) is 2.76. The van der Waals surface area contributed by atoms with Gasteiger partial charge in [-0.1, -0.05) is 12.8 Å². The number of fused-ring (bicyclic) bond motifs is 1. The van der Waals surface area contributed by atoms with E-state index in [1.54, 1.807) is 0 Å². The van der Waals surface area contributed by atoms with Crippen LogP contribution in [-0.4, -0.2) is 9.55 Å². The number of nitrogens with two attached hydrogens (primary N) is 1. The quantitative estimate of drug-likeness (QED) is 0.847. The van der Waals surface area contributed by atoms with Gasteiger partial charge in [-0.05, 0) is 56.7 Å². The van der Waals surface area contributed by atoms with E-state index in [1.807, 2.05) is 12.1 Å². The SMILES string of the molecule is CC(C1CCCC1)n1c(C2CC2)nc2cc(N)ccc21. The van der Waals surface area contributed by atoms with Crippen LogP contribution in [0.1, 0.15) is 63.2 Å². The van der Waals surface area contributed by atoms with E-state index in [0.29, 0.717) is 12.0 Å². The fourth-order valence-corrected chi connectivity index (χ4v) is 3.84. The van der Waals surface area contributed by atoms with Crippen LogP contribution in [0.25, 0.3) is 11.0 Å². The number of nitrogens with zero attached hydrogens (tertiary/aromatic N) is 2. The van der Waals surface area contributed by atoms with Crippen molar-refractivity contribution in [2.75, 3.05) is 5.73 Å². The molecule has 0 radical (unpaired) electrons. The molecule has 1 aromatic heterocycles. The Morgan fingerprint density at radius 3 is 2.65 bits per heavy atom. The van der Waals surface area contributed by atoms with Gasteiger partial charge in [0.15, 0.2) is 0 Å². The van der Waals surface area contributed by atoms with Crippen LogP contribution in [0.5, 0.6) is 0 Å². The second kappa shape index (κ2) is 4.51. The lowest BCUT2D eigenvalue weighted by molar-refractivity contribution is 0.359. The first-order chi connectivity index (χ1) is 9.74.